The van der Waals surface area contributed by atoms with E-state index in [1.807, 2.05) is 43.1 Å². The highest BCUT2D eigenvalue weighted by atomic mass is 16.5. The average Bonchev–Trinajstić information content (AvgIpc) is 2.82. The van der Waals surface area contributed by atoms with Crippen molar-refractivity contribution in [1.82, 2.24) is 4.57 Å². The molecule has 0 saturated carbocycles. The van der Waals surface area contributed by atoms with E-state index in [-0.39, 0.29) is 5.97 Å². The summed E-state index contributed by atoms with van der Waals surface area (Å²) >= 11 is 0. The van der Waals surface area contributed by atoms with Crippen LogP contribution in [-0.2, 0) is 11.8 Å². The maximum Gasteiger partial charge on any atom is 0.337 e. The topological polar surface area (TPSA) is 43.6 Å². The molecule has 0 atom stereocenters. The predicted octanol–water partition coefficient (Wildman–Crippen LogP) is 2.87. The number of benzene rings is 1. The van der Waals surface area contributed by atoms with Crippen molar-refractivity contribution in [1.29, 1.82) is 0 Å². The monoisotopic (exact) mass is 256 g/mol. The van der Waals surface area contributed by atoms with E-state index in [0.717, 1.165) is 16.8 Å². The molecule has 0 radical (unpaired) electrons. The molecule has 1 heterocycles. The number of carbonyl (C=O) groups excluding carboxylic acids is 1. The molecule has 0 N–H and O–H groups in total. The summed E-state index contributed by atoms with van der Waals surface area (Å²) in [4.78, 5) is 15.9. The number of carbonyl (C=O) groups is 1. The second kappa shape index (κ2) is 5.52. The van der Waals surface area contributed by atoms with Gasteiger partial charge in [0, 0.05) is 31.2 Å². The Labute approximate surface area is 112 Å². The highest BCUT2D eigenvalue weighted by molar-refractivity contribution is 5.91. The molecule has 2 aromatic rings. The highest BCUT2D eigenvalue weighted by Crippen LogP contribution is 2.20. The SMILES string of the molecule is COC(=O)c1ccc(C)c(N=Cc2ccn(C)c2)c1. The van der Waals surface area contributed by atoms with Crippen molar-refractivity contribution in [2.75, 3.05) is 7.11 Å². The first-order chi connectivity index (χ1) is 9.10. The molecule has 0 saturated heterocycles. The first kappa shape index (κ1) is 13.1. The molecule has 0 spiro atoms. The number of aromatic nitrogens is 1. The third kappa shape index (κ3) is 3.10. The van der Waals surface area contributed by atoms with Crippen LogP contribution < -0.4 is 0 Å². The number of rotatable bonds is 3. The lowest BCUT2D eigenvalue weighted by atomic mass is 10.1. The van der Waals surface area contributed by atoms with Crippen LogP contribution in [0, 0.1) is 6.92 Å². The van der Waals surface area contributed by atoms with E-state index in [0.29, 0.717) is 5.56 Å². The Kier molecular flexibility index (Phi) is 3.80. The van der Waals surface area contributed by atoms with Gasteiger partial charge in [-0.2, -0.15) is 0 Å². The average molecular weight is 256 g/mol. The normalized spacial score (nSPS) is 10.9. The number of hydrogen-bond donors (Lipinski definition) is 0. The highest BCUT2D eigenvalue weighted by Gasteiger charge is 2.07. The maximum absolute atomic E-state index is 11.5. The van der Waals surface area contributed by atoms with E-state index in [4.69, 9.17) is 4.74 Å². The molecule has 1 aromatic carbocycles. The van der Waals surface area contributed by atoms with E-state index in [9.17, 15) is 4.79 Å². The summed E-state index contributed by atoms with van der Waals surface area (Å²) in [6.45, 7) is 1.96. The van der Waals surface area contributed by atoms with Gasteiger partial charge in [0.15, 0.2) is 0 Å². The van der Waals surface area contributed by atoms with Crippen molar-refractivity contribution in [2.24, 2.45) is 12.0 Å². The first-order valence-electron chi connectivity index (χ1n) is 5.95. The lowest BCUT2D eigenvalue weighted by Crippen LogP contribution is -2.00. The number of nitrogens with zero attached hydrogens (tertiary/aromatic N) is 2. The number of hydrogen-bond acceptors (Lipinski definition) is 3. The van der Waals surface area contributed by atoms with Crippen molar-refractivity contribution in [3.05, 3.63) is 53.3 Å². The second-order valence-electron chi connectivity index (χ2n) is 4.36. The molecule has 0 aliphatic rings. The van der Waals surface area contributed by atoms with Crippen LogP contribution in [-0.4, -0.2) is 23.9 Å². The van der Waals surface area contributed by atoms with Crippen LogP contribution in [0.2, 0.25) is 0 Å². The number of ether oxygens (including phenoxy) is 1. The zero-order chi connectivity index (χ0) is 13.8. The van der Waals surface area contributed by atoms with Crippen molar-refractivity contribution >= 4 is 17.9 Å². The van der Waals surface area contributed by atoms with Gasteiger partial charge in [0.25, 0.3) is 0 Å². The van der Waals surface area contributed by atoms with E-state index >= 15 is 0 Å². The minimum absolute atomic E-state index is 0.351. The Hall–Kier alpha value is -2.36. The van der Waals surface area contributed by atoms with Crippen LogP contribution in [0.4, 0.5) is 5.69 Å². The van der Waals surface area contributed by atoms with E-state index in [1.54, 1.807) is 18.3 Å². The predicted molar refractivity (Wildman–Crippen MR) is 75.2 cm³/mol. The van der Waals surface area contributed by atoms with Gasteiger partial charge in [0.1, 0.15) is 0 Å². The first-order valence-corrected chi connectivity index (χ1v) is 5.95. The van der Waals surface area contributed by atoms with Crippen molar-refractivity contribution in [3.63, 3.8) is 0 Å². The lowest BCUT2D eigenvalue weighted by molar-refractivity contribution is 0.0601. The summed E-state index contributed by atoms with van der Waals surface area (Å²) in [5.41, 5.74) is 3.31. The zero-order valence-electron chi connectivity index (χ0n) is 11.3. The fraction of sp³-hybridized carbons (Fsp3) is 0.200. The van der Waals surface area contributed by atoms with Gasteiger partial charge in [-0.3, -0.25) is 4.99 Å². The molecule has 98 valence electrons. The fourth-order valence-corrected chi connectivity index (χ4v) is 1.74. The molecule has 0 aliphatic heterocycles. The molecule has 0 unspecified atom stereocenters. The van der Waals surface area contributed by atoms with Crippen LogP contribution in [0.5, 0.6) is 0 Å². The fourth-order valence-electron chi connectivity index (χ4n) is 1.74. The Bertz CT molecular complexity index is 627. The largest absolute Gasteiger partial charge is 0.465 e. The molecule has 0 fully saturated rings. The summed E-state index contributed by atoms with van der Waals surface area (Å²) in [5, 5.41) is 0. The molecule has 4 nitrogen and oxygen atoms in total. The Morgan fingerprint density at radius 2 is 2.16 bits per heavy atom. The van der Waals surface area contributed by atoms with Gasteiger partial charge in [0.05, 0.1) is 18.4 Å². The zero-order valence-corrected chi connectivity index (χ0v) is 11.3. The van der Waals surface area contributed by atoms with E-state index in [2.05, 4.69) is 4.99 Å². The molecule has 0 aliphatic carbocycles. The third-order valence-corrected chi connectivity index (χ3v) is 2.84. The molecular formula is C15H16N2O2. The van der Waals surface area contributed by atoms with Gasteiger partial charge in [0.2, 0.25) is 0 Å². The minimum Gasteiger partial charge on any atom is -0.465 e. The quantitative estimate of drug-likeness (QED) is 0.626. The van der Waals surface area contributed by atoms with E-state index < -0.39 is 0 Å². The van der Waals surface area contributed by atoms with Crippen LogP contribution in [0.15, 0.2) is 41.7 Å². The van der Waals surface area contributed by atoms with Crippen molar-refractivity contribution < 1.29 is 9.53 Å². The second-order valence-corrected chi connectivity index (χ2v) is 4.36. The molecule has 2 rings (SSSR count). The molecular weight excluding hydrogens is 240 g/mol. The summed E-state index contributed by atoms with van der Waals surface area (Å²) in [7, 11) is 3.33. The van der Waals surface area contributed by atoms with Crippen LogP contribution in [0.3, 0.4) is 0 Å². The molecule has 1 aromatic heterocycles. The van der Waals surface area contributed by atoms with Crippen LogP contribution in [0.25, 0.3) is 0 Å². The molecule has 4 heteroatoms. The van der Waals surface area contributed by atoms with Gasteiger partial charge in [-0.25, -0.2) is 4.79 Å². The molecule has 0 amide bonds. The number of esters is 1. The number of methoxy groups -OCH3 is 1. The summed E-state index contributed by atoms with van der Waals surface area (Å²) < 4.78 is 6.66. The molecule has 19 heavy (non-hydrogen) atoms. The number of aliphatic imine (C=N–C) groups is 1. The third-order valence-electron chi connectivity index (χ3n) is 2.84. The van der Waals surface area contributed by atoms with Gasteiger partial charge in [-0.1, -0.05) is 6.07 Å². The lowest BCUT2D eigenvalue weighted by Gasteiger charge is -2.03. The van der Waals surface area contributed by atoms with Gasteiger partial charge in [-0.15, -0.1) is 0 Å². The minimum atomic E-state index is -0.351. The van der Waals surface area contributed by atoms with Crippen LogP contribution in [0.1, 0.15) is 21.5 Å². The van der Waals surface area contributed by atoms with Gasteiger partial charge in [-0.05, 0) is 30.7 Å². The number of aryl methyl sites for hydroxylation is 2. The van der Waals surface area contributed by atoms with Gasteiger partial charge < -0.3 is 9.30 Å². The molecule has 0 bridgehead atoms. The summed E-state index contributed by atoms with van der Waals surface area (Å²) in [6, 6.07) is 7.32. The van der Waals surface area contributed by atoms with E-state index in [1.165, 1.54) is 7.11 Å². The van der Waals surface area contributed by atoms with Crippen molar-refractivity contribution in [3.8, 4) is 0 Å². The smallest absolute Gasteiger partial charge is 0.337 e. The summed E-state index contributed by atoms with van der Waals surface area (Å²) in [6.07, 6.45) is 5.71. The van der Waals surface area contributed by atoms with Gasteiger partial charge >= 0.3 is 5.97 Å². The Morgan fingerprint density at radius 3 is 2.79 bits per heavy atom. The maximum atomic E-state index is 11.5. The Balaban J connectivity index is 2.28. The summed E-state index contributed by atoms with van der Waals surface area (Å²) in [5.74, 6) is -0.351. The standard InChI is InChI=1S/C15H16N2O2/c1-11-4-5-13(15(18)19-3)8-14(11)16-9-12-6-7-17(2)10-12/h4-10H,1-3H3. The Morgan fingerprint density at radius 1 is 1.37 bits per heavy atom. The van der Waals surface area contributed by atoms with Crippen molar-refractivity contribution in [2.45, 2.75) is 6.92 Å². The van der Waals surface area contributed by atoms with Crippen LogP contribution >= 0.6 is 0 Å².